The van der Waals surface area contributed by atoms with E-state index in [1.165, 1.54) is 4.90 Å². The third kappa shape index (κ3) is 4.55. The zero-order valence-corrected chi connectivity index (χ0v) is 17.4. The van der Waals surface area contributed by atoms with Crippen molar-refractivity contribution in [3.8, 4) is 0 Å². The first-order valence-electron chi connectivity index (χ1n) is 10.1. The molecule has 154 valence electrons. The maximum Gasteiger partial charge on any atom is 0.312 e. The molecule has 7 nitrogen and oxygen atoms in total. The molecule has 0 atom stereocenters. The van der Waals surface area contributed by atoms with E-state index in [1.807, 2.05) is 44.2 Å². The van der Waals surface area contributed by atoms with E-state index in [2.05, 4.69) is 24.1 Å². The number of pyridine rings is 1. The number of carbonyl (C=O) groups is 3. The number of benzene rings is 1. The number of amides is 3. The van der Waals surface area contributed by atoms with Gasteiger partial charge >= 0.3 is 11.8 Å². The highest BCUT2D eigenvalue weighted by molar-refractivity contribution is 6.35. The summed E-state index contributed by atoms with van der Waals surface area (Å²) in [7, 11) is 0. The number of fused-ring (bicyclic) bond motifs is 1. The first-order valence-corrected chi connectivity index (χ1v) is 10.1. The van der Waals surface area contributed by atoms with Crippen LogP contribution in [0.3, 0.4) is 0 Å². The van der Waals surface area contributed by atoms with Crippen molar-refractivity contribution >= 4 is 28.6 Å². The number of aromatic nitrogens is 1. The van der Waals surface area contributed by atoms with Gasteiger partial charge in [0.05, 0.1) is 11.1 Å². The summed E-state index contributed by atoms with van der Waals surface area (Å²) in [5.74, 6) is -0.993. The van der Waals surface area contributed by atoms with Gasteiger partial charge in [-0.05, 0) is 31.9 Å². The maximum absolute atomic E-state index is 13.3. The van der Waals surface area contributed by atoms with Crippen LogP contribution in [0, 0.1) is 0 Å². The minimum Gasteiger partial charge on any atom is -0.346 e. The monoisotopic (exact) mass is 396 g/mol. The minimum atomic E-state index is -0.596. The van der Waals surface area contributed by atoms with E-state index >= 15 is 0 Å². The van der Waals surface area contributed by atoms with Gasteiger partial charge in [-0.3, -0.25) is 19.4 Å². The van der Waals surface area contributed by atoms with Crippen LogP contribution in [0.25, 0.3) is 10.9 Å². The molecule has 0 bridgehead atoms. The van der Waals surface area contributed by atoms with E-state index in [0.29, 0.717) is 31.7 Å². The number of piperazine rings is 1. The molecule has 0 spiro atoms. The van der Waals surface area contributed by atoms with Gasteiger partial charge in [0.2, 0.25) is 0 Å². The molecule has 1 aromatic heterocycles. The lowest BCUT2D eigenvalue weighted by molar-refractivity contribution is -0.147. The van der Waals surface area contributed by atoms with E-state index in [1.54, 1.807) is 4.90 Å². The fourth-order valence-corrected chi connectivity index (χ4v) is 3.42. The van der Waals surface area contributed by atoms with Crippen LogP contribution in [0.2, 0.25) is 0 Å². The number of nitrogens with one attached hydrogen (secondary N) is 1. The van der Waals surface area contributed by atoms with Gasteiger partial charge in [-0.25, -0.2) is 0 Å². The van der Waals surface area contributed by atoms with Crippen LogP contribution < -0.4 is 5.32 Å². The summed E-state index contributed by atoms with van der Waals surface area (Å²) < 4.78 is 0. The molecule has 3 amide bonds. The predicted octanol–water partition coefficient (Wildman–Crippen LogP) is 2.17. The Kier molecular flexibility index (Phi) is 6.15. The highest BCUT2D eigenvalue weighted by Gasteiger charge is 2.29. The van der Waals surface area contributed by atoms with Crippen molar-refractivity contribution in [1.82, 2.24) is 20.1 Å². The van der Waals surface area contributed by atoms with Gasteiger partial charge in [0.15, 0.2) is 0 Å². The standard InChI is InChI=1S/C22H28N4O3/c1-14(2)19-13-17(16-7-5-6-8-18(16)24-19)21(28)25-9-11-26(12-10-25)22(29)20(27)23-15(3)4/h5-8,13-15H,9-12H2,1-4H3,(H,23,27). The summed E-state index contributed by atoms with van der Waals surface area (Å²) in [4.78, 5) is 45.4. The van der Waals surface area contributed by atoms with Gasteiger partial charge in [0.25, 0.3) is 5.91 Å². The Morgan fingerprint density at radius 3 is 2.21 bits per heavy atom. The molecule has 2 aromatic rings. The summed E-state index contributed by atoms with van der Waals surface area (Å²) in [6, 6.07) is 9.44. The molecule has 0 unspecified atom stereocenters. The largest absolute Gasteiger partial charge is 0.346 e. The molecular weight excluding hydrogens is 368 g/mol. The number of nitrogens with zero attached hydrogens (tertiary/aromatic N) is 3. The van der Waals surface area contributed by atoms with Gasteiger partial charge < -0.3 is 15.1 Å². The predicted molar refractivity (Wildman–Crippen MR) is 112 cm³/mol. The Hall–Kier alpha value is -2.96. The summed E-state index contributed by atoms with van der Waals surface area (Å²) >= 11 is 0. The van der Waals surface area contributed by atoms with Gasteiger partial charge in [-0.2, -0.15) is 0 Å². The lowest BCUT2D eigenvalue weighted by Gasteiger charge is -2.34. The third-order valence-electron chi connectivity index (χ3n) is 5.03. The summed E-state index contributed by atoms with van der Waals surface area (Å²) in [6.45, 7) is 9.21. The Balaban J connectivity index is 1.76. The molecule has 1 aliphatic heterocycles. The number of carbonyl (C=O) groups excluding carboxylic acids is 3. The second kappa shape index (κ2) is 8.59. The third-order valence-corrected chi connectivity index (χ3v) is 5.03. The molecule has 1 fully saturated rings. The highest BCUT2D eigenvalue weighted by atomic mass is 16.2. The average Bonchev–Trinajstić information content (AvgIpc) is 2.71. The molecule has 1 aromatic carbocycles. The van der Waals surface area contributed by atoms with Crippen molar-refractivity contribution in [3.63, 3.8) is 0 Å². The van der Waals surface area contributed by atoms with Crippen molar-refractivity contribution < 1.29 is 14.4 Å². The van der Waals surface area contributed by atoms with Crippen LogP contribution >= 0.6 is 0 Å². The Bertz CT molecular complexity index is 931. The quantitative estimate of drug-likeness (QED) is 0.806. The normalized spacial score (nSPS) is 14.6. The first-order chi connectivity index (χ1) is 13.8. The summed E-state index contributed by atoms with van der Waals surface area (Å²) in [5.41, 5.74) is 2.32. The number of para-hydroxylation sites is 1. The molecule has 1 N–H and O–H groups in total. The summed E-state index contributed by atoms with van der Waals surface area (Å²) in [5, 5.41) is 3.45. The molecule has 0 saturated carbocycles. The molecule has 2 heterocycles. The second-order valence-corrected chi connectivity index (χ2v) is 7.98. The first kappa shape index (κ1) is 20.8. The van der Waals surface area contributed by atoms with Crippen LogP contribution in [-0.4, -0.2) is 64.7 Å². The zero-order valence-electron chi connectivity index (χ0n) is 17.4. The molecule has 0 radical (unpaired) electrons. The number of rotatable bonds is 3. The molecule has 7 heteroatoms. The second-order valence-electron chi connectivity index (χ2n) is 7.98. The van der Waals surface area contributed by atoms with E-state index in [4.69, 9.17) is 0 Å². The maximum atomic E-state index is 13.3. The Morgan fingerprint density at radius 1 is 0.966 bits per heavy atom. The molecule has 3 rings (SSSR count). The van der Waals surface area contributed by atoms with Gasteiger partial charge in [-0.15, -0.1) is 0 Å². The van der Waals surface area contributed by atoms with Crippen LogP contribution in [0.1, 0.15) is 49.7 Å². The van der Waals surface area contributed by atoms with Crippen molar-refractivity contribution in [2.75, 3.05) is 26.2 Å². The van der Waals surface area contributed by atoms with Crippen LogP contribution in [0.4, 0.5) is 0 Å². The van der Waals surface area contributed by atoms with E-state index in [9.17, 15) is 14.4 Å². The van der Waals surface area contributed by atoms with Crippen molar-refractivity contribution in [3.05, 3.63) is 41.6 Å². The van der Waals surface area contributed by atoms with Crippen LogP contribution in [0.15, 0.2) is 30.3 Å². The van der Waals surface area contributed by atoms with Crippen molar-refractivity contribution in [2.45, 2.75) is 39.7 Å². The smallest absolute Gasteiger partial charge is 0.312 e. The van der Waals surface area contributed by atoms with Crippen LogP contribution in [0.5, 0.6) is 0 Å². The average molecular weight is 396 g/mol. The highest BCUT2D eigenvalue weighted by Crippen LogP contribution is 2.24. The van der Waals surface area contributed by atoms with E-state index in [0.717, 1.165) is 16.6 Å². The lowest BCUT2D eigenvalue weighted by atomic mass is 10.0. The molecule has 1 aliphatic rings. The SMILES string of the molecule is CC(C)NC(=O)C(=O)N1CCN(C(=O)c2cc(C(C)C)nc3ccccc23)CC1. The van der Waals surface area contributed by atoms with Crippen molar-refractivity contribution in [1.29, 1.82) is 0 Å². The molecule has 29 heavy (non-hydrogen) atoms. The fraction of sp³-hybridized carbons (Fsp3) is 0.455. The van der Waals surface area contributed by atoms with Gasteiger partial charge in [0.1, 0.15) is 0 Å². The van der Waals surface area contributed by atoms with Crippen molar-refractivity contribution in [2.24, 2.45) is 0 Å². The number of hydrogen-bond acceptors (Lipinski definition) is 4. The topological polar surface area (TPSA) is 82.6 Å². The van der Waals surface area contributed by atoms with Gasteiger partial charge in [0, 0.05) is 43.3 Å². The van der Waals surface area contributed by atoms with Gasteiger partial charge in [-0.1, -0.05) is 32.0 Å². The zero-order chi connectivity index (χ0) is 21.1. The molecule has 1 saturated heterocycles. The fourth-order valence-electron chi connectivity index (χ4n) is 3.42. The summed E-state index contributed by atoms with van der Waals surface area (Å²) in [6.07, 6.45) is 0. The van der Waals surface area contributed by atoms with Crippen LogP contribution in [-0.2, 0) is 9.59 Å². The molecule has 0 aliphatic carbocycles. The van der Waals surface area contributed by atoms with E-state index in [-0.39, 0.29) is 17.9 Å². The Morgan fingerprint density at radius 2 is 1.59 bits per heavy atom. The van der Waals surface area contributed by atoms with E-state index < -0.39 is 11.8 Å². The minimum absolute atomic E-state index is 0.0655. The number of hydrogen-bond donors (Lipinski definition) is 1. The molecular formula is C22H28N4O3. The lowest BCUT2D eigenvalue weighted by Crippen LogP contribution is -2.54. The Labute approximate surface area is 171 Å².